The molecule has 2 aromatic rings. The van der Waals surface area contributed by atoms with Crippen molar-refractivity contribution in [1.29, 1.82) is 0 Å². The Balaban J connectivity index is 2.65. The van der Waals surface area contributed by atoms with E-state index in [-0.39, 0.29) is 0 Å². The van der Waals surface area contributed by atoms with Gasteiger partial charge in [0, 0.05) is 18.0 Å². The van der Waals surface area contributed by atoms with Crippen LogP contribution in [0.4, 0.5) is 0 Å². The molecular formula is C13H12N2O. The van der Waals surface area contributed by atoms with Crippen LogP contribution in [0.25, 0.3) is 11.1 Å². The molecule has 3 nitrogen and oxygen atoms in total. The van der Waals surface area contributed by atoms with Gasteiger partial charge in [-0.25, -0.2) is 0 Å². The molecule has 0 aliphatic carbocycles. The number of aryl methyl sites for hydroxylation is 1. The van der Waals surface area contributed by atoms with Crippen molar-refractivity contribution in [2.75, 3.05) is 0 Å². The second-order valence-electron chi connectivity index (χ2n) is 3.60. The summed E-state index contributed by atoms with van der Waals surface area (Å²) < 4.78 is 0. The quantitative estimate of drug-likeness (QED) is 0.829. The van der Waals surface area contributed by atoms with E-state index >= 15 is 0 Å². The SMILES string of the molecule is Cc1cnccc1-c1ccccc1C(N)=O. The summed E-state index contributed by atoms with van der Waals surface area (Å²) in [5, 5.41) is 0. The average molecular weight is 212 g/mol. The molecule has 0 aliphatic heterocycles. The van der Waals surface area contributed by atoms with Crippen LogP contribution in [0.1, 0.15) is 15.9 Å². The number of rotatable bonds is 2. The first-order valence-electron chi connectivity index (χ1n) is 5.00. The fourth-order valence-corrected chi connectivity index (χ4v) is 1.71. The molecule has 0 aliphatic rings. The lowest BCUT2D eigenvalue weighted by molar-refractivity contribution is 0.100. The van der Waals surface area contributed by atoms with Crippen molar-refractivity contribution in [2.24, 2.45) is 5.73 Å². The zero-order chi connectivity index (χ0) is 11.5. The molecule has 0 radical (unpaired) electrons. The highest BCUT2D eigenvalue weighted by Gasteiger charge is 2.10. The molecule has 3 heteroatoms. The van der Waals surface area contributed by atoms with Gasteiger partial charge in [-0.2, -0.15) is 0 Å². The summed E-state index contributed by atoms with van der Waals surface area (Å²) >= 11 is 0. The Kier molecular flexibility index (Phi) is 2.68. The van der Waals surface area contributed by atoms with E-state index in [0.717, 1.165) is 16.7 Å². The van der Waals surface area contributed by atoms with E-state index < -0.39 is 5.91 Å². The third-order valence-corrected chi connectivity index (χ3v) is 2.50. The number of carbonyl (C=O) groups is 1. The predicted octanol–water partition coefficient (Wildman–Crippen LogP) is 2.16. The number of primary amides is 1. The van der Waals surface area contributed by atoms with Crippen molar-refractivity contribution in [3.05, 3.63) is 53.9 Å². The fourth-order valence-electron chi connectivity index (χ4n) is 1.71. The Hall–Kier alpha value is -2.16. The zero-order valence-corrected chi connectivity index (χ0v) is 8.97. The maximum Gasteiger partial charge on any atom is 0.249 e. The molecule has 2 N–H and O–H groups in total. The van der Waals surface area contributed by atoms with Gasteiger partial charge in [-0.15, -0.1) is 0 Å². The number of benzene rings is 1. The predicted molar refractivity (Wildman–Crippen MR) is 62.9 cm³/mol. The molecule has 0 fully saturated rings. The van der Waals surface area contributed by atoms with Gasteiger partial charge in [0.15, 0.2) is 0 Å². The van der Waals surface area contributed by atoms with Gasteiger partial charge >= 0.3 is 0 Å². The minimum Gasteiger partial charge on any atom is -0.366 e. The molecule has 1 heterocycles. The van der Waals surface area contributed by atoms with E-state index in [0.29, 0.717) is 5.56 Å². The Morgan fingerprint density at radius 3 is 2.62 bits per heavy atom. The first-order chi connectivity index (χ1) is 7.70. The smallest absolute Gasteiger partial charge is 0.249 e. The number of nitrogens with zero attached hydrogens (tertiary/aromatic N) is 1. The summed E-state index contributed by atoms with van der Waals surface area (Å²) in [6.07, 6.45) is 3.48. The highest BCUT2D eigenvalue weighted by Crippen LogP contribution is 2.25. The zero-order valence-electron chi connectivity index (χ0n) is 8.97. The minimum absolute atomic E-state index is 0.410. The van der Waals surface area contributed by atoms with Crippen LogP contribution < -0.4 is 5.73 Å². The number of hydrogen-bond acceptors (Lipinski definition) is 2. The number of hydrogen-bond donors (Lipinski definition) is 1. The van der Waals surface area contributed by atoms with E-state index in [4.69, 9.17) is 5.73 Å². The van der Waals surface area contributed by atoms with Crippen LogP contribution in [0.5, 0.6) is 0 Å². The highest BCUT2D eigenvalue weighted by molar-refractivity contribution is 6.00. The molecule has 0 atom stereocenters. The molecule has 1 aromatic heterocycles. The van der Waals surface area contributed by atoms with Crippen molar-refractivity contribution in [2.45, 2.75) is 6.92 Å². The van der Waals surface area contributed by atoms with Crippen molar-refractivity contribution in [1.82, 2.24) is 4.98 Å². The van der Waals surface area contributed by atoms with Crippen molar-refractivity contribution < 1.29 is 4.79 Å². The van der Waals surface area contributed by atoms with Gasteiger partial charge < -0.3 is 5.73 Å². The number of amides is 1. The fraction of sp³-hybridized carbons (Fsp3) is 0.0769. The topological polar surface area (TPSA) is 56.0 Å². The van der Waals surface area contributed by atoms with Gasteiger partial charge in [-0.1, -0.05) is 18.2 Å². The number of pyridine rings is 1. The van der Waals surface area contributed by atoms with E-state index in [2.05, 4.69) is 4.98 Å². The molecule has 2 rings (SSSR count). The van der Waals surface area contributed by atoms with Crippen molar-refractivity contribution >= 4 is 5.91 Å². The molecule has 0 spiro atoms. The molecule has 1 aromatic carbocycles. The molecule has 0 bridgehead atoms. The lowest BCUT2D eigenvalue weighted by Gasteiger charge is -2.08. The van der Waals surface area contributed by atoms with Crippen molar-refractivity contribution in [3.63, 3.8) is 0 Å². The monoisotopic (exact) mass is 212 g/mol. The van der Waals surface area contributed by atoms with Crippen LogP contribution >= 0.6 is 0 Å². The molecule has 16 heavy (non-hydrogen) atoms. The summed E-state index contributed by atoms with van der Waals surface area (Å²) in [6.45, 7) is 1.96. The summed E-state index contributed by atoms with van der Waals surface area (Å²) in [4.78, 5) is 15.3. The number of carbonyl (C=O) groups excluding carboxylic acids is 1. The lowest BCUT2D eigenvalue weighted by atomic mass is 9.97. The highest BCUT2D eigenvalue weighted by atomic mass is 16.1. The third-order valence-electron chi connectivity index (χ3n) is 2.50. The van der Waals surface area contributed by atoms with Crippen LogP contribution in [0.2, 0.25) is 0 Å². The van der Waals surface area contributed by atoms with Gasteiger partial charge in [0.1, 0.15) is 0 Å². The largest absolute Gasteiger partial charge is 0.366 e. The van der Waals surface area contributed by atoms with Crippen molar-refractivity contribution in [3.8, 4) is 11.1 Å². The second-order valence-corrected chi connectivity index (χ2v) is 3.60. The van der Waals surface area contributed by atoms with Gasteiger partial charge in [0.05, 0.1) is 0 Å². The van der Waals surface area contributed by atoms with Gasteiger partial charge in [0.25, 0.3) is 0 Å². The second kappa shape index (κ2) is 4.14. The van der Waals surface area contributed by atoms with Gasteiger partial charge in [0.2, 0.25) is 5.91 Å². The van der Waals surface area contributed by atoms with E-state index in [9.17, 15) is 4.79 Å². The maximum atomic E-state index is 11.3. The standard InChI is InChI=1S/C13H12N2O/c1-9-8-15-7-6-10(9)11-4-2-3-5-12(11)13(14)16/h2-8H,1H3,(H2,14,16). The first-order valence-corrected chi connectivity index (χ1v) is 5.00. The Labute approximate surface area is 93.9 Å². The minimum atomic E-state index is -0.410. The maximum absolute atomic E-state index is 11.3. The van der Waals surface area contributed by atoms with Crippen LogP contribution in [0.15, 0.2) is 42.7 Å². The van der Waals surface area contributed by atoms with E-state index in [1.807, 2.05) is 25.1 Å². The van der Waals surface area contributed by atoms with Gasteiger partial charge in [-0.3, -0.25) is 9.78 Å². The van der Waals surface area contributed by atoms with E-state index in [1.165, 1.54) is 0 Å². The summed E-state index contributed by atoms with van der Waals surface area (Å²) in [6, 6.07) is 9.21. The molecule has 0 saturated carbocycles. The van der Waals surface area contributed by atoms with Crippen LogP contribution in [-0.4, -0.2) is 10.9 Å². The number of nitrogens with two attached hydrogens (primary N) is 1. The Morgan fingerprint density at radius 2 is 1.94 bits per heavy atom. The first kappa shape index (κ1) is 10.4. The van der Waals surface area contributed by atoms with Crippen LogP contribution in [0.3, 0.4) is 0 Å². The molecule has 80 valence electrons. The summed E-state index contributed by atoms with van der Waals surface area (Å²) in [5.41, 5.74) is 8.76. The van der Waals surface area contributed by atoms with Gasteiger partial charge in [-0.05, 0) is 35.7 Å². The molecule has 0 unspecified atom stereocenters. The Bertz CT molecular complexity index is 535. The van der Waals surface area contributed by atoms with Crippen LogP contribution in [0, 0.1) is 6.92 Å². The third kappa shape index (κ3) is 1.80. The average Bonchev–Trinajstić information content (AvgIpc) is 2.29. The number of aromatic nitrogens is 1. The molecule has 0 saturated heterocycles. The van der Waals surface area contributed by atoms with Crippen LogP contribution in [-0.2, 0) is 0 Å². The lowest BCUT2D eigenvalue weighted by Crippen LogP contribution is -2.12. The van der Waals surface area contributed by atoms with E-state index in [1.54, 1.807) is 24.5 Å². The molecule has 1 amide bonds. The normalized spacial score (nSPS) is 10.1. The Morgan fingerprint density at radius 1 is 1.19 bits per heavy atom. The summed E-state index contributed by atoms with van der Waals surface area (Å²) in [7, 11) is 0. The summed E-state index contributed by atoms with van der Waals surface area (Å²) in [5.74, 6) is -0.410. The molecular weight excluding hydrogens is 200 g/mol.